The van der Waals surface area contributed by atoms with E-state index < -0.39 is 18.4 Å². The predicted octanol–water partition coefficient (Wildman–Crippen LogP) is 2.04. The molecule has 78 valence electrons. The molecule has 0 amide bonds. The van der Waals surface area contributed by atoms with Crippen molar-refractivity contribution < 1.29 is 23.1 Å². The van der Waals surface area contributed by atoms with Crippen molar-refractivity contribution >= 4 is 11.9 Å². The highest BCUT2D eigenvalue weighted by Crippen LogP contribution is 2.16. The Morgan fingerprint density at radius 2 is 2.29 bits per heavy atom. The zero-order valence-corrected chi connectivity index (χ0v) is 7.38. The molecule has 0 aliphatic rings. The zero-order chi connectivity index (χ0) is 10.8. The van der Waals surface area contributed by atoms with Crippen LogP contribution in [0, 0.1) is 0 Å². The lowest BCUT2D eigenvalue weighted by Gasteiger charge is -2.09. The molecule has 1 aromatic rings. The van der Waals surface area contributed by atoms with E-state index in [1.54, 1.807) is 0 Å². The molecular formula is C8H9F2NO3. The molecule has 2 N–H and O–H groups in total. The van der Waals surface area contributed by atoms with Crippen LogP contribution in [0.3, 0.4) is 0 Å². The second-order valence-electron chi connectivity index (χ2n) is 2.89. The molecule has 0 bridgehead atoms. The van der Waals surface area contributed by atoms with Gasteiger partial charge in [-0.15, -0.1) is 0 Å². The minimum atomic E-state index is -2.86. The quantitative estimate of drug-likeness (QED) is 0.789. The van der Waals surface area contributed by atoms with Crippen LogP contribution in [0.15, 0.2) is 16.5 Å². The minimum absolute atomic E-state index is 0.0175. The average molecular weight is 205 g/mol. The summed E-state index contributed by atoms with van der Waals surface area (Å²) in [5.41, 5.74) is 0. The monoisotopic (exact) mass is 205 g/mol. The van der Waals surface area contributed by atoms with Gasteiger partial charge in [0.15, 0.2) is 5.88 Å². The third kappa shape index (κ3) is 3.04. The van der Waals surface area contributed by atoms with Gasteiger partial charge in [0.2, 0.25) is 5.76 Å². The number of carbonyl (C=O) groups is 1. The first-order valence-electron chi connectivity index (χ1n) is 3.83. The van der Waals surface area contributed by atoms with E-state index >= 15 is 0 Å². The van der Waals surface area contributed by atoms with Gasteiger partial charge in [0.05, 0.1) is 6.54 Å². The van der Waals surface area contributed by atoms with Crippen molar-refractivity contribution in [3.05, 3.63) is 17.9 Å². The van der Waals surface area contributed by atoms with Crippen LogP contribution in [-0.2, 0) is 0 Å². The molecule has 6 heteroatoms. The molecule has 0 unspecified atom stereocenters. The molecule has 14 heavy (non-hydrogen) atoms. The van der Waals surface area contributed by atoms with Crippen LogP contribution in [0.1, 0.15) is 17.5 Å². The number of anilines is 1. The van der Waals surface area contributed by atoms with Crippen LogP contribution in [0.5, 0.6) is 0 Å². The Kier molecular flexibility index (Phi) is 2.73. The molecule has 0 radical (unpaired) electrons. The molecule has 0 saturated heterocycles. The minimum Gasteiger partial charge on any atom is -0.475 e. The van der Waals surface area contributed by atoms with Gasteiger partial charge in [-0.2, -0.15) is 0 Å². The molecule has 0 fully saturated rings. The van der Waals surface area contributed by atoms with Crippen LogP contribution in [0.25, 0.3) is 0 Å². The molecule has 1 aromatic heterocycles. The van der Waals surface area contributed by atoms with Gasteiger partial charge in [-0.1, -0.05) is 0 Å². The lowest BCUT2D eigenvalue weighted by Crippen LogP contribution is -2.22. The molecular weight excluding hydrogens is 196 g/mol. The van der Waals surface area contributed by atoms with Crippen molar-refractivity contribution in [3.8, 4) is 0 Å². The van der Waals surface area contributed by atoms with E-state index in [2.05, 4.69) is 5.32 Å². The summed E-state index contributed by atoms with van der Waals surface area (Å²) in [5, 5.41) is 10.7. The second kappa shape index (κ2) is 3.65. The fourth-order valence-electron chi connectivity index (χ4n) is 0.790. The topological polar surface area (TPSA) is 62.5 Å². The number of alkyl halides is 2. The predicted molar refractivity (Wildman–Crippen MR) is 44.8 cm³/mol. The maximum absolute atomic E-state index is 12.4. The summed E-state index contributed by atoms with van der Waals surface area (Å²) < 4.78 is 29.4. The molecule has 4 nitrogen and oxygen atoms in total. The smallest absolute Gasteiger partial charge is 0.371 e. The van der Waals surface area contributed by atoms with Gasteiger partial charge in [-0.25, -0.2) is 13.6 Å². The Morgan fingerprint density at radius 3 is 2.71 bits per heavy atom. The number of hydrogen-bond donors (Lipinski definition) is 2. The van der Waals surface area contributed by atoms with Gasteiger partial charge in [0.1, 0.15) is 0 Å². The van der Waals surface area contributed by atoms with Crippen molar-refractivity contribution in [2.24, 2.45) is 0 Å². The highest BCUT2D eigenvalue weighted by atomic mass is 19.3. The van der Waals surface area contributed by atoms with Crippen LogP contribution >= 0.6 is 0 Å². The van der Waals surface area contributed by atoms with Gasteiger partial charge in [-0.3, -0.25) is 0 Å². The largest absolute Gasteiger partial charge is 0.475 e. The number of nitrogens with one attached hydrogen (secondary N) is 1. The number of furan rings is 1. The van der Waals surface area contributed by atoms with Crippen molar-refractivity contribution in [2.75, 3.05) is 11.9 Å². The Bertz CT molecular complexity index is 330. The summed E-state index contributed by atoms with van der Waals surface area (Å²) >= 11 is 0. The van der Waals surface area contributed by atoms with Crippen LogP contribution in [-0.4, -0.2) is 23.5 Å². The van der Waals surface area contributed by atoms with Gasteiger partial charge in [0, 0.05) is 13.0 Å². The van der Waals surface area contributed by atoms with Crippen LogP contribution in [0.4, 0.5) is 14.7 Å². The Morgan fingerprint density at radius 1 is 1.64 bits per heavy atom. The van der Waals surface area contributed by atoms with E-state index in [-0.39, 0.29) is 11.6 Å². The van der Waals surface area contributed by atoms with E-state index in [4.69, 9.17) is 9.52 Å². The van der Waals surface area contributed by atoms with E-state index in [1.807, 2.05) is 0 Å². The Balaban J connectivity index is 2.56. The number of rotatable bonds is 4. The lowest BCUT2D eigenvalue weighted by atomic mass is 10.4. The summed E-state index contributed by atoms with van der Waals surface area (Å²) in [4.78, 5) is 10.3. The fraction of sp³-hybridized carbons (Fsp3) is 0.375. The summed E-state index contributed by atoms with van der Waals surface area (Å²) in [7, 11) is 0. The Hall–Kier alpha value is -1.59. The Labute approximate surface area is 78.5 Å². The van der Waals surface area contributed by atoms with Gasteiger partial charge in [-0.05, 0) is 6.07 Å². The normalized spacial score (nSPS) is 11.4. The van der Waals surface area contributed by atoms with Crippen molar-refractivity contribution in [1.29, 1.82) is 0 Å². The zero-order valence-electron chi connectivity index (χ0n) is 7.38. The third-order valence-electron chi connectivity index (χ3n) is 1.39. The molecule has 0 aliphatic carbocycles. The SMILES string of the molecule is CC(F)(F)CNc1ccc(C(=O)O)o1. The van der Waals surface area contributed by atoms with Gasteiger partial charge < -0.3 is 14.8 Å². The number of carboxylic acid groups (broad SMARTS) is 1. The fourth-order valence-corrected chi connectivity index (χ4v) is 0.790. The molecule has 0 aromatic carbocycles. The molecule has 1 heterocycles. The van der Waals surface area contributed by atoms with Crippen molar-refractivity contribution in [2.45, 2.75) is 12.8 Å². The number of carboxylic acids is 1. The highest BCUT2D eigenvalue weighted by Gasteiger charge is 2.21. The molecule has 0 spiro atoms. The lowest BCUT2D eigenvalue weighted by molar-refractivity contribution is 0.0363. The molecule has 0 saturated carbocycles. The second-order valence-corrected chi connectivity index (χ2v) is 2.89. The van der Waals surface area contributed by atoms with Gasteiger partial charge in [0.25, 0.3) is 5.92 Å². The van der Waals surface area contributed by atoms with Crippen molar-refractivity contribution in [1.82, 2.24) is 0 Å². The highest BCUT2D eigenvalue weighted by molar-refractivity contribution is 5.84. The molecule has 1 rings (SSSR count). The van der Waals surface area contributed by atoms with Crippen LogP contribution in [0.2, 0.25) is 0 Å². The number of aromatic carboxylic acids is 1. The van der Waals surface area contributed by atoms with Crippen molar-refractivity contribution in [3.63, 3.8) is 0 Å². The summed E-state index contributed by atoms with van der Waals surface area (Å²) in [6.45, 7) is 0.153. The van der Waals surface area contributed by atoms with Crippen LogP contribution < -0.4 is 5.32 Å². The summed E-state index contributed by atoms with van der Waals surface area (Å²) in [6, 6.07) is 2.48. The first-order chi connectivity index (χ1) is 6.38. The first kappa shape index (κ1) is 10.5. The van der Waals surface area contributed by atoms with E-state index in [0.29, 0.717) is 0 Å². The van der Waals surface area contributed by atoms with Gasteiger partial charge >= 0.3 is 5.97 Å². The molecule has 0 aliphatic heterocycles. The standard InChI is InChI=1S/C8H9F2NO3/c1-8(9,10)4-11-6-3-2-5(14-6)7(12)13/h2-3,11H,4H2,1H3,(H,12,13). The maximum Gasteiger partial charge on any atom is 0.371 e. The van der Waals surface area contributed by atoms with E-state index in [0.717, 1.165) is 6.92 Å². The summed E-state index contributed by atoms with van der Waals surface area (Å²) in [6.07, 6.45) is 0. The maximum atomic E-state index is 12.4. The number of hydrogen-bond acceptors (Lipinski definition) is 3. The summed E-state index contributed by atoms with van der Waals surface area (Å²) in [5.74, 6) is -4.37. The third-order valence-corrected chi connectivity index (χ3v) is 1.39. The van der Waals surface area contributed by atoms with E-state index in [1.165, 1.54) is 12.1 Å². The van der Waals surface area contributed by atoms with E-state index in [9.17, 15) is 13.6 Å². The first-order valence-corrected chi connectivity index (χ1v) is 3.83. The molecule has 0 atom stereocenters. The average Bonchev–Trinajstić information content (AvgIpc) is 2.47. The number of halogens is 2.